The van der Waals surface area contributed by atoms with E-state index in [1.807, 2.05) is 6.92 Å². The third-order valence-corrected chi connectivity index (χ3v) is 3.03. The van der Waals surface area contributed by atoms with Crippen LogP contribution in [0, 0.1) is 5.82 Å². The first-order chi connectivity index (χ1) is 10.6. The molecule has 0 saturated carbocycles. The van der Waals surface area contributed by atoms with E-state index in [2.05, 4.69) is 10.3 Å². The molecule has 0 atom stereocenters. The molecular weight excluding hydrogens is 285 g/mol. The number of anilines is 1. The minimum absolute atomic E-state index is 0.0440. The highest BCUT2D eigenvalue weighted by atomic mass is 19.1. The molecule has 0 unspecified atom stereocenters. The Bertz CT molecular complexity index is 662. The van der Waals surface area contributed by atoms with Crippen LogP contribution in [0.25, 0.3) is 0 Å². The second-order valence-electron chi connectivity index (χ2n) is 4.70. The van der Waals surface area contributed by atoms with Gasteiger partial charge in [0, 0.05) is 18.3 Å². The minimum Gasteiger partial charge on any atom is -0.491 e. The van der Waals surface area contributed by atoms with Gasteiger partial charge in [-0.3, -0.25) is 4.79 Å². The van der Waals surface area contributed by atoms with Crippen molar-refractivity contribution in [3.63, 3.8) is 0 Å². The topological polar surface area (TPSA) is 77.2 Å². The van der Waals surface area contributed by atoms with E-state index in [1.165, 1.54) is 6.20 Å². The number of ether oxygens (including phenoxy) is 1. The van der Waals surface area contributed by atoms with Gasteiger partial charge < -0.3 is 15.8 Å². The Morgan fingerprint density at radius 1 is 1.36 bits per heavy atom. The number of rotatable bonds is 6. The standard InChI is InChI=1S/C16H18FN3O2/c1-2-9-22-13-7-3-5-11(14(13)17)10-20-16(21)12-6-4-8-19-15(12)18/h3-8H,2,9-10H2,1H3,(H2,18,19)(H,20,21). The minimum atomic E-state index is -0.463. The summed E-state index contributed by atoms with van der Waals surface area (Å²) in [4.78, 5) is 15.9. The Hall–Kier alpha value is -2.63. The molecule has 1 aromatic heterocycles. The Kier molecular flexibility index (Phi) is 5.30. The molecule has 2 aromatic rings. The number of aromatic nitrogens is 1. The highest BCUT2D eigenvalue weighted by Gasteiger charge is 2.13. The van der Waals surface area contributed by atoms with E-state index in [0.717, 1.165) is 6.42 Å². The molecule has 116 valence electrons. The van der Waals surface area contributed by atoms with Gasteiger partial charge in [-0.15, -0.1) is 0 Å². The molecule has 0 fully saturated rings. The first-order valence-electron chi connectivity index (χ1n) is 7.02. The van der Waals surface area contributed by atoms with Gasteiger partial charge in [-0.25, -0.2) is 9.37 Å². The summed E-state index contributed by atoms with van der Waals surface area (Å²) < 4.78 is 19.5. The van der Waals surface area contributed by atoms with E-state index >= 15 is 0 Å². The van der Waals surface area contributed by atoms with Crippen LogP contribution in [0.4, 0.5) is 10.2 Å². The molecule has 2 rings (SSSR count). The molecule has 22 heavy (non-hydrogen) atoms. The van der Waals surface area contributed by atoms with Crippen LogP contribution in [0.1, 0.15) is 29.3 Å². The van der Waals surface area contributed by atoms with Gasteiger partial charge in [0.15, 0.2) is 11.6 Å². The lowest BCUT2D eigenvalue weighted by Crippen LogP contribution is -2.24. The average Bonchev–Trinajstić information content (AvgIpc) is 2.53. The fraction of sp³-hybridized carbons (Fsp3) is 0.250. The van der Waals surface area contributed by atoms with Crippen molar-refractivity contribution in [2.24, 2.45) is 0 Å². The molecule has 1 aromatic carbocycles. The van der Waals surface area contributed by atoms with Crippen LogP contribution in [-0.2, 0) is 6.54 Å². The van der Waals surface area contributed by atoms with Crippen LogP contribution in [0.15, 0.2) is 36.5 Å². The Morgan fingerprint density at radius 3 is 2.91 bits per heavy atom. The van der Waals surface area contributed by atoms with E-state index in [0.29, 0.717) is 12.2 Å². The number of hydrogen-bond donors (Lipinski definition) is 2. The lowest BCUT2D eigenvalue weighted by atomic mass is 10.2. The van der Waals surface area contributed by atoms with Crippen LogP contribution >= 0.6 is 0 Å². The van der Waals surface area contributed by atoms with Crippen LogP contribution in [0.5, 0.6) is 5.75 Å². The Morgan fingerprint density at radius 2 is 2.18 bits per heavy atom. The van der Waals surface area contributed by atoms with Gasteiger partial charge in [0.2, 0.25) is 0 Å². The van der Waals surface area contributed by atoms with Gasteiger partial charge in [-0.1, -0.05) is 19.1 Å². The predicted octanol–water partition coefficient (Wildman–Crippen LogP) is 2.52. The SMILES string of the molecule is CCCOc1cccc(CNC(=O)c2cccnc2N)c1F. The Balaban J connectivity index is 2.05. The summed E-state index contributed by atoms with van der Waals surface area (Å²) in [5.74, 6) is -0.532. The van der Waals surface area contributed by atoms with Crippen molar-refractivity contribution in [3.05, 3.63) is 53.5 Å². The first kappa shape index (κ1) is 15.8. The molecule has 0 saturated heterocycles. The van der Waals surface area contributed by atoms with Gasteiger partial charge in [0.05, 0.1) is 12.2 Å². The number of nitrogens with two attached hydrogens (primary N) is 1. The zero-order valence-corrected chi connectivity index (χ0v) is 12.3. The maximum Gasteiger partial charge on any atom is 0.255 e. The third kappa shape index (κ3) is 3.72. The van der Waals surface area contributed by atoms with Gasteiger partial charge in [0.25, 0.3) is 5.91 Å². The van der Waals surface area contributed by atoms with Crippen molar-refractivity contribution in [1.29, 1.82) is 0 Å². The van der Waals surface area contributed by atoms with Crippen LogP contribution in [-0.4, -0.2) is 17.5 Å². The average molecular weight is 303 g/mol. The zero-order chi connectivity index (χ0) is 15.9. The summed E-state index contributed by atoms with van der Waals surface area (Å²) >= 11 is 0. The quantitative estimate of drug-likeness (QED) is 0.859. The first-order valence-corrected chi connectivity index (χ1v) is 7.02. The number of halogens is 1. The van der Waals surface area contributed by atoms with E-state index in [4.69, 9.17) is 10.5 Å². The number of pyridine rings is 1. The fourth-order valence-electron chi connectivity index (χ4n) is 1.90. The number of carbonyl (C=O) groups is 1. The second-order valence-corrected chi connectivity index (χ2v) is 4.70. The van der Waals surface area contributed by atoms with Gasteiger partial charge in [0.1, 0.15) is 5.82 Å². The van der Waals surface area contributed by atoms with E-state index < -0.39 is 11.7 Å². The maximum atomic E-state index is 14.2. The van der Waals surface area contributed by atoms with Crippen molar-refractivity contribution in [1.82, 2.24) is 10.3 Å². The molecule has 0 aliphatic heterocycles. The highest BCUT2D eigenvalue weighted by Crippen LogP contribution is 2.20. The number of nitrogen functional groups attached to an aromatic ring is 1. The molecule has 3 N–H and O–H groups in total. The molecular formula is C16H18FN3O2. The monoisotopic (exact) mass is 303 g/mol. The Labute approximate surface area is 128 Å². The molecule has 0 spiro atoms. The van der Waals surface area contributed by atoms with Crippen LogP contribution < -0.4 is 15.8 Å². The third-order valence-electron chi connectivity index (χ3n) is 3.03. The molecule has 1 heterocycles. The molecule has 0 bridgehead atoms. The van der Waals surface area contributed by atoms with Crippen molar-refractivity contribution in [2.45, 2.75) is 19.9 Å². The molecule has 0 aliphatic rings. The molecule has 1 amide bonds. The predicted molar refractivity (Wildman–Crippen MR) is 82.0 cm³/mol. The summed E-state index contributed by atoms with van der Waals surface area (Å²) in [6, 6.07) is 8.03. The number of nitrogens with one attached hydrogen (secondary N) is 1. The maximum absolute atomic E-state index is 14.2. The molecule has 6 heteroatoms. The summed E-state index contributed by atoms with van der Waals surface area (Å²) in [5, 5.41) is 2.63. The van der Waals surface area contributed by atoms with E-state index in [1.54, 1.807) is 30.3 Å². The smallest absolute Gasteiger partial charge is 0.255 e. The summed E-state index contributed by atoms with van der Waals surface area (Å²) in [6.45, 7) is 2.43. The van der Waals surface area contributed by atoms with Crippen LogP contribution in [0.2, 0.25) is 0 Å². The van der Waals surface area contributed by atoms with E-state index in [-0.39, 0.29) is 23.7 Å². The van der Waals surface area contributed by atoms with Crippen molar-refractivity contribution in [2.75, 3.05) is 12.3 Å². The van der Waals surface area contributed by atoms with Gasteiger partial charge in [-0.2, -0.15) is 0 Å². The second kappa shape index (κ2) is 7.40. The number of carbonyl (C=O) groups excluding carboxylic acids is 1. The zero-order valence-electron chi connectivity index (χ0n) is 12.3. The summed E-state index contributed by atoms with van der Waals surface area (Å²) in [6.07, 6.45) is 2.29. The van der Waals surface area contributed by atoms with Crippen molar-refractivity contribution >= 4 is 11.7 Å². The molecule has 0 radical (unpaired) electrons. The number of benzene rings is 1. The lowest BCUT2D eigenvalue weighted by molar-refractivity contribution is 0.0951. The van der Waals surface area contributed by atoms with Crippen molar-refractivity contribution < 1.29 is 13.9 Å². The molecule has 0 aliphatic carbocycles. The fourth-order valence-corrected chi connectivity index (χ4v) is 1.90. The van der Waals surface area contributed by atoms with Crippen LogP contribution in [0.3, 0.4) is 0 Å². The molecule has 5 nitrogen and oxygen atoms in total. The highest BCUT2D eigenvalue weighted by molar-refractivity contribution is 5.98. The van der Waals surface area contributed by atoms with Gasteiger partial charge >= 0.3 is 0 Å². The van der Waals surface area contributed by atoms with Gasteiger partial charge in [-0.05, 0) is 24.6 Å². The van der Waals surface area contributed by atoms with Crippen molar-refractivity contribution in [3.8, 4) is 5.75 Å². The largest absolute Gasteiger partial charge is 0.491 e. The summed E-state index contributed by atoms with van der Waals surface area (Å²) in [7, 11) is 0. The number of amides is 1. The number of nitrogens with zero attached hydrogens (tertiary/aromatic N) is 1. The normalized spacial score (nSPS) is 10.3. The lowest BCUT2D eigenvalue weighted by Gasteiger charge is -2.11. The number of hydrogen-bond acceptors (Lipinski definition) is 4. The van der Waals surface area contributed by atoms with E-state index in [9.17, 15) is 9.18 Å². The summed E-state index contributed by atoms with van der Waals surface area (Å²) in [5.41, 5.74) is 6.25.